The van der Waals surface area contributed by atoms with Gasteiger partial charge in [-0.1, -0.05) is 32.3 Å². The van der Waals surface area contributed by atoms with Crippen LogP contribution < -0.4 is 0 Å². The first-order chi connectivity index (χ1) is 6.35. The summed E-state index contributed by atoms with van der Waals surface area (Å²) in [4.78, 5) is 2.41. The largest absolute Gasteiger partial charge is 0.299 e. The van der Waals surface area contributed by atoms with Crippen LogP contribution >= 0.6 is 12.6 Å². The summed E-state index contributed by atoms with van der Waals surface area (Å²) in [5.74, 6) is 0.946. The van der Waals surface area contributed by atoms with E-state index in [-0.39, 0.29) is 0 Å². The molecule has 0 aromatic heterocycles. The van der Waals surface area contributed by atoms with Crippen LogP contribution in [0.25, 0.3) is 0 Å². The molecule has 0 aromatic rings. The Hall–Kier alpha value is 0.0500. The highest BCUT2D eigenvalue weighted by molar-refractivity contribution is 7.80. The first-order valence-corrected chi connectivity index (χ1v) is 5.92. The number of rotatable bonds is 9. The van der Waals surface area contributed by atoms with Crippen LogP contribution in [0.1, 0.15) is 32.6 Å². The van der Waals surface area contributed by atoms with Crippen molar-refractivity contribution in [2.75, 3.05) is 25.4 Å². The second-order valence-electron chi connectivity index (χ2n) is 3.37. The molecule has 1 nitrogen and oxygen atoms in total. The predicted molar refractivity (Wildman–Crippen MR) is 64.6 cm³/mol. The number of thiol groups is 1. The Bertz CT molecular complexity index is 115. The molecule has 0 radical (unpaired) electrons. The molecule has 0 unspecified atom stereocenters. The van der Waals surface area contributed by atoms with E-state index in [4.69, 9.17) is 0 Å². The van der Waals surface area contributed by atoms with E-state index in [9.17, 15) is 0 Å². The summed E-state index contributed by atoms with van der Waals surface area (Å²) in [6.07, 6.45) is 7.33. The van der Waals surface area contributed by atoms with Gasteiger partial charge in [-0.25, -0.2) is 0 Å². The molecule has 0 heterocycles. The van der Waals surface area contributed by atoms with Crippen LogP contribution in [-0.4, -0.2) is 30.3 Å². The summed E-state index contributed by atoms with van der Waals surface area (Å²) in [7, 11) is 0. The molecule has 0 amide bonds. The van der Waals surface area contributed by atoms with Crippen LogP contribution in [0.5, 0.6) is 0 Å². The molecule has 13 heavy (non-hydrogen) atoms. The zero-order valence-electron chi connectivity index (χ0n) is 8.84. The molecule has 2 heteroatoms. The second kappa shape index (κ2) is 10.1. The van der Waals surface area contributed by atoms with Gasteiger partial charge in [-0.15, -0.1) is 6.58 Å². The molecule has 0 aliphatic heterocycles. The number of hydrogen-bond acceptors (Lipinski definition) is 2. The minimum atomic E-state index is 0.946. The highest BCUT2D eigenvalue weighted by Gasteiger charge is 2.00. The van der Waals surface area contributed by atoms with Crippen molar-refractivity contribution in [3.63, 3.8) is 0 Å². The Kier molecular flexibility index (Phi) is 10.2. The molecule has 0 rings (SSSR count). The van der Waals surface area contributed by atoms with Crippen molar-refractivity contribution in [1.29, 1.82) is 0 Å². The third-order valence-corrected chi connectivity index (χ3v) is 2.33. The summed E-state index contributed by atoms with van der Waals surface area (Å²) in [5, 5.41) is 0. The van der Waals surface area contributed by atoms with Gasteiger partial charge >= 0.3 is 0 Å². The second-order valence-corrected chi connectivity index (χ2v) is 3.82. The molecule has 0 aromatic carbocycles. The summed E-state index contributed by atoms with van der Waals surface area (Å²) >= 11 is 4.24. The molecule has 0 bridgehead atoms. The van der Waals surface area contributed by atoms with Gasteiger partial charge in [0.1, 0.15) is 0 Å². The lowest BCUT2D eigenvalue weighted by molar-refractivity contribution is 0.313. The fourth-order valence-corrected chi connectivity index (χ4v) is 1.66. The first kappa shape index (κ1) is 13.1. The Morgan fingerprint density at radius 1 is 1.23 bits per heavy atom. The van der Waals surface area contributed by atoms with Crippen molar-refractivity contribution in [2.24, 2.45) is 0 Å². The lowest BCUT2D eigenvalue weighted by Crippen LogP contribution is -2.27. The number of hydrogen-bond donors (Lipinski definition) is 1. The maximum absolute atomic E-state index is 4.24. The lowest BCUT2D eigenvalue weighted by atomic mass is 10.2. The van der Waals surface area contributed by atoms with Gasteiger partial charge in [0.15, 0.2) is 0 Å². The molecule has 0 aliphatic rings. The van der Waals surface area contributed by atoms with Gasteiger partial charge in [-0.2, -0.15) is 12.6 Å². The van der Waals surface area contributed by atoms with Crippen molar-refractivity contribution < 1.29 is 0 Å². The van der Waals surface area contributed by atoms with Gasteiger partial charge in [0, 0.05) is 18.8 Å². The van der Waals surface area contributed by atoms with E-state index in [2.05, 4.69) is 31.0 Å². The van der Waals surface area contributed by atoms with Crippen molar-refractivity contribution in [3.05, 3.63) is 12.7 Å². The monoisotopic (exact) mass is 201 g/mol. The van der Waals surface area contributed by atoms with Gasteiger partial charge < -0.3 is 0 Å². The van der Waals surface area contributed by atoms with Crippen molar-refractivity contribution in [2.45, 2.75) is 32.6 Å². The van der Waals surface area contributed by atoms with Crippen LogP contribution in [0.2, 0.25) is 0 Å². The molecule has 0 spiro atoms. The zero-order valence-corrected chi connectivity index (χ0v) is 9.73. The SMILES string of the molecule is C=CCN(CCS)CCCCCC. The van der Waals surface area contributed by atoms with Crippen molar-refractivity contribution >= 4 is 12.6 Å². The summed E-state index contributed by atoms with van der Waals surface area (Å²) in [5.41, 5.74) is 0. The maximum Gasteiger partial charge on any atom is 0.0160 e. The quantitative estimate of drug-likeness (QED) is 0.341. The highest BCUT2D eigenvalue weighted by Crippen LogP contribution is 2.01. The minimum absolute atomic E-state index is 0.946. The van der Waals surface area contributed by atoms with E-state index >= 15 is 0 Å². The first-order valence-electron chi connectivity index (χ1n) is 5.29. The third-order valence-electron chi connectivity index (χ3n) is 2.13. The fourth-order valence-electron chi connectivity index (χ4n) is 1.38. The van der Waals surface area contributed by atoms with Crippen LogP contribution in [0.3, 0.4) is 0 Å². The zero-order chi connectivity index (χ0) is 9.94. The Morgan fingerprint density at radius 2 is 2.00 bits per heavy atom. The van der Waals surface area contributed by atoms with Gasteiger partial charge in [-0.05, 0) is 13.0 Å². The van der Waals surface area contributed by atoms with E-state index in [0.29, 0.717) is 0 Å². The van der Waals surface area contributed by atoms with Gasteiger partial charge in [-0.3, -0.25) is 4.90 Å². The Labute approximate surface area is 88.6 Å². The van der Waals surface area contributed by atoms with Gasteiger partial charge in [0.05, 0.1) is 0 Å². The molecule has 0 aliphatic carbocycles. The normalized spacial score (nSPS) is 10.7. The molecular formula is C11H23NS. The van der Waals surface area contributed by atoms with Crippen LogP contribution in [0.4, 0.5) is 0 Å². The van der Waals surface area contributed by atoms with Crippen LogP contribution in [0, 0.1) is 0 Å². The molecule has 78 valence electrons. The molecule has 0 N–H and O–H groups in total. The molecule has 0 fully saturated rings. The maximum atomic E-state index is 4.24. The number of unbranched alkanes of at least 4 members (excludes halogenated alkanes) is 3. The average molecular weight is 201 g/mol. The summed E-state index contributed by atoms with van der Waals surface area (Å²) in [6.45, 7) is 9.30. The topological polar surface area (TPSA) is 3.24 Å². The highest BCUT2D eigenvalue weighted by atomic mass is 32.1. The van der Waals surface area contributed by atoms with E-state index in [1.165, 1.54) is 32.2 Å². The number of nitrogens with zero attached hydrogens (tertiary/aromatic N) is 1. The smallest absolute Gasteiger partial charge is 0.0160 e. The standard InChI is InChI=1S/C11H23NS/c1-3-5-6-7-9-12(8-4-2)10-11-13/h4,13H,2-3,5-11H2,1H3. The Balaban J connectivity index is 3.38. The molecule has 0 saturated carbocycles. The molecular weight excluding hydrogens is 178 g/mol. The minimum Gasteiger partial charge on any atom is -0.299 e. The van der Waals surface area contributed by atoms with E-state index in [1.54, 1.807) is 0 Å². The van der Waals surface area contributed by atoms with Gasteiger partial charge in [0.25, 0.3) is 0 Å². The van der Waals surface area contributed by atoms with Gasteiger partial charge in [0.2, 0.25) is 0 Å². The van der Waals surface area contributed by atoms with E-state index in [0.717, 1.165) is 18.8 Å². The Morgan fingerprint density at radius 3 is 2.54 bits per heavy atom. The lowest BCUT2D eigenvalue weighted by Gasteiger charge is -2.19. The van der Waals surface area contributed by atoms with Crippen LogP contribution in [0.15, 0.2) is 12.7 Å². The third kappa shape index (κ3) is 8.38. The average Bonchev–Trinajstić information content (AvgIpc) is 2.13. The molecule has 0 saturated heterocycles. The van der Waals surface area contributed by atoms with Crippen LogP contribution in [-0.2, 0) is 0 Å². The fraction of sp³-hybridized carbons (Fsp3) is 0.818. The summed E-state index contributed by atoms with van der Waals surface area (Å²) in [6, 6.07) is 0. The molecule has 0 atom stereocenters. The van der Waals surface area contributed by atoms with E-state index in [1.807, 2.05) is 6.08 Å². The predicted octanol–water partition coefficient (Wildman–Crippen LogP) is 2.98. The van der Waals surface area contributed by atoms with Crippen molar-refractivity contribution in [1.82, 2.24) is 4.90 Å². The summed E-state index contributed by atoms with van der Waals surface area (Å²) < 4.78 is 0. The van der Waals surface area contributed by atoms with E-state index < -0.39 is 0 Å². The van der Waals surface area contributed by atoms with Crippen molar-refractivity contribution in [3.8, 4) is 0 Å².